The Morgan fingerprint density at radius 2 is 1.65 bits per heavy atom. The van der Waals surface area contributed by atoms with Gasteiger partial charge in [0.05, 0.1) is 4.92 Å². The van der Waals surface area contributed by atoms with Crippen molar-refractivity contribution in [2.75, 3.05) is 31.1 Å². The van der Waals surface area contributed by atoms with Gasteiger partial charge in [0.25, 0.3) is 11.6 Å². The number of hydrogen-bond donors (Lipinski definition) is 0. The Morgan fingerprint density at radius 3 is 2.23 bits per heavy atom. The molecule has 0 radical (unpaired) electrons. The van der Waals surface area contributed by atoms with Crippen molar-refractivity contribution in [3.8, 4) is 5.75 Å². The summed E-state index contributed by atoms with van der Waals surface area (Å²) >= 11 is 0. The van der Waals surface area contributed by atoms with Gasteiger partial charge in [-0.05, 0) is 31.2 Å². The van der Waals surface area contributed by atoms with Crippen molar-refractivity contribution in [1.82, 2.24) is 4.90 Å². The molecule has 1 amide bonds. The van der Waals surface area contributed by atoms with Gasteiger partial charge in [0.2, 0.25) is 0 Å². The van der Waals surface area contributed by atoms with Crippen LogP contribution in [0.15, 0.2) is 54.6 Å². The van der Waals surface area contributed by atoms with E-state index in [4.69, 9.17) is 4.74 Å². The first-order valence-corrected chi connectivity index (χ1v) is 8.54. The Labute approximate surface area is 151 Å². The van der Waals surface area contributed by atoms with Crippen LogP contribution >= 0.6 is 0 Å². The van der Waals surface area contributed by atoms with Crippen molar-refractivity contribution in [3.05, 3.63) is 64.7 Å². The minimum absolute atomic E-state index is 0.0304. The molecule has 1 heterocycles. The standard InChI is InChI=1S/C19H21N3O4/c1-15(26-18-5-3-2-4-6-18)19(23)21-13-11-20(12-14-21)16-7-9-17(10-8-16)22(24)25/h2-10,15H,11-14H2,1H3. The van der Waals surface area contributed by atoms with E-state index in [1.807, 2.05) is 30.3 Å². The summed E-state index contributed by atoms with van der Waals surface area (Å²) in [7, 11) is 0. The number of non-ortho nitro benzene ring substituents is 1. The lowest BCUT2D eigenvalue weighted by Gasteiger charge is -2.37. The van der Waals surface area contributed by atoms with E-state index < -0.39 is 11.0 Å². The van der Waals surface area contributed by atoms with E-state index in [0.29, 0.717) is 31.9 Å². The number of para-hydroxylation sites is 1. The normalized spacial score (nSPS) is 15.4. The lowest BCUT2D eigenvalue weighted by molar-refractivity contribution is -0.384. The van der Waals surface area contributed by atoms with Crippen LogP contribution in [-0.4, -0.2) is 48.0 Å². The second kappa shape index (κ2) is 7.86. The number of piperazine rings is 1. The number of carbonyl (C=O) groups is 1. The van der Waals surface area contributed by atoms with Crippen molar-refractivity contribution in [3.63, 3.8) is 0 Å². The Balaban J connectivity index is 1.54. The molecule has 0 N–H and O–H groups in total. The van der Waals surface area contributed by atoms with Gasteiger partial charge >= 0.3 is 0 Å². The molecule has 1 saturated heterocycles. The van der Waals surface area contributed by atoms with Crippen LogP contribution in [0.1, 0.15) is 6.92 Å². The molecule has 0 bridgehead atoms. The quantitative estimate of drug-likeness (QED) is 0.609. The van der Waals surface area contributed by atoms with Crippen molar-refractivity contribution in [2.45, 2.75) is 13.0 Å². The number of hydrogen-bond acceptors (Lipinski definition) is 5. The zero-order chi connectivity index (χ0) is 18.5. The molecular weight excluding hydrogens is 334 g/mol. The molecule has 7 heteroatoms. The number of carbonyl (C=O) groups excluding carboxylic acids is 1. The van der Waals surface area contributed by atoms with E-state index in [9.17, 15) is 14.9 Å². The van der Waals surface area contributed by atoms with Crippen LogP contribution in [0.3, 0.4) is 0 Å². The van der Waals surface area contributed by atoms with Crippen LogP contribution < -0.4 is 9.64 Å². The number of nitro benzene ring substituents is 1. The number of rotatable bonds is 5. The Bertz CT molecular complexity index is 756. The minimum Gasteiger partial charge on any atom is -0.481 e. The Morgan fingerprint density at radius 1 is 1.04 bits per heavy atom. The molecule has 1 fully saturated rings. The van der Waals surface area contributed by atoms with Crippen LogP contribution in [0.2, 0.25) is 0 Å². The van der Waals surface area contributed by atoms with Gasteiger partial charge in [0.1, 0.15) is 5.75 Å². The van der Waals surface area contributed by atoms with Gasteiger partial charge in [-0.3, -0.25) is 14.9 Å². The highest BCUT2D eigenvalue weighted by Gasteiger charge is 2.26. The SMILES string of the molecule is CC(Oc1ccccc1)C(=O)N1CCN(c2ccc([N+](=O)[O-])cc2)CC1. The largest absolute Gasteiger partial charge is 0.481 e. The first-order valence-electron chi connectivity index (χ1n) is 8.54. The third-order valence-electron chi connectivity index (χ3n) is 4.42. The summed E-state index contributed by atoms with van der Waals surface area (Å²) in [6.45, 7) is 4.32. The van der Waals surface area contributed by atoms with Crippen molar-refractivity contribution < 1.29 is 14.5 Å². The third-order valence-corrected chi connectivity index (χ3v) is 4.42. The van der Waals surface area contributed by atoms with E-state index in [1.54, 1.807) is 24.0 Å². The molecule has 1 aliphatic rings. The van der Waals surface area contributed by atoms with Crippen molar-refractivity contribution in [2.24, 2.45) is 0 Å². The second-order valence-electron chi connectivity index (χ2n) is 6.16. The first kappa shape index (κ1) is 17.7. The Hall–Kier alpha value is -3.09. The lowest BCUT2D eigenvalue weighted by Crippen LogP contribution is -2.52. The highest BCUT2D eigenvalue weighted by Crippen LogP contribution is 2.21. The summed E-state index contributed by atoms with van der Waals surface area (Å²) in [5.74, 6) is 0.648. The van der Waals surface area contributed by atoms with E-state index in [2.05, 4.69) is 4.90 Å². The topological polar surface area (TPSA) is 75.9 Å². The molecule has 2 aromatic rings. The first-order chi connectivity index (χ1) is 12.5. The maximum Gasteiger partial charge on any atom is 0.269 e. The number of anilines is 1. The summed E-state index contributed by atoms with van der Waals surface area (Å²) in [4.78, 5) is 26.8. The number of benzene rings is 2. The van der Waals surface area contributed by atoms with Crippen LogP contribution in [0.4, 0.5) is 11.4 Å². The molecule has 26 heavy (non-hydrogen) atoms. The van der Waals surface area contributed by atoms with Gasteiger partial charge < -0.3 is 14.5 Å². The maximum absolute atomic E-state index is 12.6. The molecule has 3 rings (SSSR count). The molecule has 1 unspecified atom stereocenters. The molecular formula is C19H21N3O4. The van der Waals surface area contributed by atoms with E-state index in [-0.39, 0.29) is 11.6 Å². The average Bonchev–Trinajstić information content (AvgIpc) is 2.68. The zero-order valence-corrected chi connectivity index (χ0v) is 14.6. The lowest BCUT2D eigenvalue weighted by atomic mass is 10.2. The van der Waals surface area contributed by atoms with Crippen LogP contribution in [0.5, 0.6) is 5.75 Å². The van der Waals surface area contributed by atoms with Gasteiger partial charge in [-0.2, -0.15) is 0 Å². The summed E-state index contributed by atoms with van der Waals surface area (Å²) in [6, 6.07) is 15.8. The van der Waals surface area contributed by atoms with E-state index in [0.717, 1.165) is 5.69 Å². The van der Waals surface area contributed by atoms with Crippen LogP contribution in [0.25, 0.3) is 0 Å². The predicted octanol–water partition coefficient (Wildman–Crippen LogP) is 2.71. The van der Waals surface area contributed by atoms with Crippen LogP contribution in [-0.2, 0) is 4.79 Å². The maximum atomic E-state index is 12.6. The summed E-state index contributed by atoms with van der Waals surface area (Å²) in [6.07, 6.45) is -0.539. The average molecular weight is 355 g/mol. The van der Waals surface area contributed by atoms with Crippen molar-refractivity contribution >= 4 is 17.3 Å². The van der Waals surface area contributed by atoms with Crippen molar-refractivity contribution in [1.29, 1.82) is 0 Å². The number of nitrogens with zero attached hydrogens (tertiary/aromatic N) is 3. The van der Waals surface area contributed by atoms with E-state index >= 15 is 0 Å². The molecule has 7 nitrogen and oxygen atoms in total. The molecule has 2 aromatic carbocycles. The summed E-state index contributed by atoms with van der Waals surface area (Å²) in [5, 5.41) is 10.7. The Kier molecular flexibility index (Phi) is 5.36. The number of ether oxygens (including phenoxy) is 1. The van der Waals surface area contributed by atoms with Gasteiger partial charge in [-0.25, -0.2) is 0 Å². The monoisotopic (exact) mass is 355 g/mol. The van der Waals surface area contributed by atoms with E-state index in [1.165, 1.54) is 12.1 Å². The van der Waals surface area contributed by atoms with Gasteiger partial charge in [-0.15, -0.1) is 0 Å². The molecule has 0 aliphatic carbocycles. The highest BCUT2D eigenvalue weighted by atomic mass is 16.6. The molecule has 0 aromatic heterocycles. The number of nitro groups is 1. The number of amides is 1. The molecule has 0 spiro atoms. The third kappa shape index (κ3) is 4.11. The highest BCUT2D eigenvalue weighted by molar-refractivity contribution is 5.81. The van der Waals surface area contributed by atoms with Gasteiger partial charge in [0, 0.05) is 44.0 Å². The van der Waals surface area contributed by atoms with Gasteiger partial charge in [0.15, 0.2) is 6.10 Å². The molecule has 1 atom stereocenters. The summed E-state index contributed by atoms with van der Waals surface area (Å²) < 4.78 is 5.71. The predicted molar refractivity (Wildman–Crippen MR) is 98.4 cm³/mol. The fourth-order valence-corrected chi connectivity index (χ4v) is 2.98. The molecule has 136 valence electrons. The zero-order valence-electron chi connectivity index (χ0n) is 14.6. The van der Waals surface area contributed by atoms with Crippen LogP contribution in [0, 0.1) is 10.1 Å². The second-order valence-corrected chi connectivity index (χ2v) is 6.16. The molecule has 1 aliphatic heterocycles. The fraction of sp³-hybridized carbons (Fsp3) is 0.316. The van der Waals surface area contributed by atoms with Gasteiger partial charge in [-0.1, -0.05) is 18.2 Å². The minimum atomic E-state index is -0.539. The summed E-state index contributed by atoms with van der Waals surface area (Å²) in [5.41, 5.74) is 1.01. The fourth-order valence-electron chi connectivity index (χ4n) is 2.98. The molecule has 0 saturated carbocycles. The smallest absolute Gasteiger partial charge is 0.269 e.